The molecule has 0 atom stereocenters. The summed E-state index contributed by atoms with van der Waals surface area (Å²) in [5.41, 5.74) is -0.593. The maximum absolute atomic E-state index is 14.6. The molecule has 198 valence electrons. The number of aromatic amines is 1. The standard InChI is InChI=1S/C25H22F5N7O/c26-19-10-33-23-17(1-6-32-23)20(19)14-9-34-37(11-14)16-12-36(13-16)15-3-7-35(8-4-15)24(38)18-2-5-31-22(21(18)27)25(28,29)30/h1-2,5-6,9-11,15-16H,3-4,7-8,12-13H2,(H,32,33). The third-order valence-corrected chi connectivity index (χ3v) is 7.35. The Morgan fingerprint density at radius 2 is 1.79 bits per heavy atom. The van der Waals surface area contributed by atoms with E-state index in [4.69, 9.17) is 0 Å². The summed E-state index contributed by atoms with van der Waals surface area (Å²) in [7, 11) is 0. The van der Waals surface area contributed by atoms with Gasteiger partial charge in [-0.25, -0.2) is 18.7 Å². The lowest BCUT2D eigenvalue weighted by Crippen LogP contribution is -2.56. The van der Waals surface area contributed by atoms with Crippen molar-refractivity contribution in [2.45, 2.75) is 31.1 Å². The number of hydrogen-bond acceptors (Lipinski definition) is 5. The molecule has 13 heteroatoms. The Morgan fingerprint density at radius 1 is 1.03 bits per heavy atom. The first kappa shape index (κ1) is 24.5. The molecule has 4 aromatic rings. The number of nitrogens with one attached hydrogen (secondary N) is 1. The van der Waals surface area contributed by atoms with Crippen LogP contribution in [0, 0.1) is 11.6 Å². The number of likely N-dealkylation sites (tertiary alicyclic amines) is 2. The van der Waals surface area contributed by atoms with Crippen molar-refractivity contribution in [3.8, 4) is 11.1 Å². The average Bonchev–Trinajstić information content (AvgIpc) is 3.53. The summed E-state index contributed by atoms with van der Waals surface area (Å²) in [6.45, 7) is 2.08. The van der Waals surface area contributed by atoms with Crippen LogP contribution in [-0.2, 0) is 6.18 Å². The SMILES string of the molecule is O=C(c1ccnc(C(F)(F)F)c1F)N1CCC(N2CC(n3cc(-c4c(F)cnc5[nH]ccc45)cn3)C2)CC1. The number of H-pyrrole nitrogens is 1. The molecule has 2 fully saturated rings. The number of fused-ring (bicyclic) bond motifs is 1. The van der Waals surface area contributed by atoms with E-state index in [1.165, 1.54) is 11.1 Å². The molecule has 0 spiro atoms. The van der Waals surface area contributed by atoms with Gasteiger partial charge >= 0.3 is 6.18 Å². The molecular formula is C25H22F5N7O. The maximum Gasteiger partial charge on any atom is 0.436 e. The van der Waals surface area contributed by atoms with Crippen molar-refractivity contribution in [1.29, 1.82) is 0 Å². The lowest BCUT2D eigenvalue weighted by Gasteiger charge is -2.47. The predicted octanol–water partition coefficient (Wildman–Crippen LogP) is 4.28. The van der Waals surface area contributed by atoms with Crippen LogP contribution in [0.5, 0.6) is 0 Å². The zero-order valence-corrected chi connectivity index (χ0v) is 19.9. The average molecular weight is 531 g/mol. The second-order valence-corrected chi connectivity index (χ2v) is 9.58. The summed E-state index contributed by atoms with van der Waals surface area (Å²) in [4.78, 5) is 26.5. The van der Waals surface area contributed by atoms with E-state index in [2.05, 4.69) is 25.0 Å². The molecule has 6 rings (SSSR count). The molecular weight excluding hydrogens is 509 g/mol. The third kappa shape index (κ3) is 4.20. The number of carbonyl (C=O) groups excluding carboxylic acids is 1. The fourth-order valence-corrected chi connectivity index (χ4v) is 5.31. The molecule has 0 aliphatic carbocycles. The van der Waals surface area contributed by atoms with Gasteiger partial charge in [0.1, 0.15) is 11.5 Å². The van der Waals surface area contributed by atoms with Gasteiger partial charge in [-0.1, -0.05) is 0 Å². The van der Waals surface area contributed by atoms with E-state index in [0.29, 0.717) is 48.1 Å². The highest BCUT2D eigenvalue weighted by atomic mass is 19.4. The van der Waals surface area contributed by atoms with Crippen molar-refractivity contribution in [3.63, 3.8) is 0 Å². The smallest absolute Gasteiger partial charge is 0.346 e. The molecule has 2 aliphatic heterocycles. The lowest BCUT2D eigenvalue weighted by atomic mass is 9.97. The highest BCUT2D eigenvalue weighted by Crippen LogP contribution is 2.34. The van der Waals surface area contributed by atoms with Crippen molar-refractivity contribution in [1.82, 2.24) is 34.5 Å². The maximum atomic E-state index is 14.6. The van der Waals surface area contributed by atoms with Crippen molar-refractivity contribution in [2.75, 3.05) is 26.2 Å². The van der Waals surface area contributed by atoms with Gasteiger partial charge in [-0.3, -0.25) is 14.4 Å². The number of halogens is 5. The van der Waals surface area contributed by atoms with E-state index in [1.807, 2.05) is 10.9 Å². The second-order valence-electron chi connectivity index (χ2n) is 9.58. The fraction of sp³-hybridized carbons (Fsp3) is 0.360. The first-order valence-corrected chi connectivity index (χ1v) is 12.1. The van der Waals surface area contributed by atoms with Crippen LogP contribution >= 0.6 is 0 Å². The number of aromatic nitrogens is 5. The Balaban J connectivity index is 1.06. The summed E-state index contributed by atoms with van der Waals surface area (Å²) in [5, 5.41) is 5.13. The van der Waals surface area contributed by atoms with Crippen molar-refractivity contribution < 1.29 is 26.7 Å². The minimum absolute atomic E-state index is 0.113. The first-order valence-electron chi connectivity index (χ1n) is 12.1. The Hall–Kier alpha value is -3.87. The number of carbonyl (C=O) groups is 1. The van der Waals surface area contributed by atoms with Crippen LogP contribution in [0.4, 0.5) is 22.0 Å². The molecule has 0 saturated carbocycles. The van der Waals surface area contributed by atoms with E-state index in [1.54, 1.807) is 18.5 Å². The summed E-state index contributed by atoms with van der Waals surface area (Å²) in [6, 6.07) is 3.06. The minimum Gasteiger partial charge on any atom is -0.346 e. The van der Waals surface area contributed by atoms with Crippen molar-refractivity contribution >= 4 is 16.9 Å². The molecule has 0 unspecified atom stereocenters. The van der Waals surface area contributed by atoms with Gasteiger partial charge in [0.25, 0.3) is 5.91 Å². The van der Waals surface area contributed by atoms with Crippen LogP contribution in [0.15, 0.2) is 43.1 Å². The molecule has 0 bridgehead atoms. The third-order valence-electron chi connectivity index (χ3n) is 7.35. The van der Waals surface area contributed by atoms with E-state index in [9.17, 15) is 26.7 Å². The Bertz CT molecular complexity index is 1500. The highest BCUT2D eigenvalue weighted by Gasteiger charge is 2.40. The molecule has 38 heavy (non-hydrogen) atoms. The van der Waals surface area contributed by atoms with Gasteiger partial charge in [0, 0.05) is 67.3 Å². The fourth-order valence-electron chi connectivity index (χ4n) is 5.31. The molecule has 6 heterocycles. The zero-order chi connectivity index (χ0) is 26.6. The van der Waals surface area contributed by atoms with Gasteiger partial charge in [-0.2, -0.15) is 18.3 Å². The van der Waals surface area contributed by atoms with E-state index >= 15 is 0 Å². The summed E-state index contributed by atoms with van der Waals surface area (Å²) in [6.07, 6.45) is 3.43. The first-order chi connectivity index (χ1) is 18.2. The number of pyridine rings is 2. The summed E-state index contributed by atoms with van der Waals surface area (Å²) in [5.74, 6) is -2.83. The quantitative estimate of drug-likeness (QED) is 0.398. The molecule has 1 N–H and O–H groups in total. The predicted molar refractivity (Wildman–Crippen MR) is 126 cm³/mol. The lowest BCUT2D eigenvalue weighted by molar-refractivity contribution is -0.143. The number of piperidine rings is 1. The Morgan fingerprint density at radius 3 is 2.53 bits per heavy atom. The molecule has 2 saturated heterocycles. The molecule has 1 amide bonds. The van der Waals surface area contributed by atoms with Gasteiger partial charge < -0.3 is 9.88 Å². The molecule has 8 nitrogen and oxygen atoms in total. The largest absolute Gasteiger partial charge is 0.436 e. The summed E-state index contributed by atoms with van der Waals surface area (Å²) < 4.78 is 69.7. The Kier molecular flexibility index (Phi) is 5.89. The molecule has 4 aromatic heterocycles. The van der Waals surface area contributed by atoms with E-state index in [-0.39, 0.29) is 12.1 Å². The number of amides is 1. The van der Waals surface area contributed by atoms with Gasteiger partial charge in [-0.15, -0.1) is 0 Å². The number of rotatable bonds is 4. The second kappa shape index (κ2) is 9.15. The van der Waals surface area contributed by atoms with Crippen LogP contribution in [-0.4, -0.2) is 72.7 Å². The van der Waals surface area contributed by atoms with Crippen LogP contribution in [0.3, 0.4) is 0 Å². The summed E-state index contributed by atoms with van der Waals surface area (Å²) >= 11 is 0. The van der Waals surface area contributed by atoms with Crippen molar-refractivity contribution in [2.24, 2.45) is 0 Å². The number of nitrogens with zero attached hydrogens (tertiary/aromatic N) is 6. The van der Waals surface area contributed by atoms with Crippen LogP contribution in [0.25, 0.3) is 22.2 Å². The molecule has 0 aromatic carbocycles. The van der Waals surface area contributed by atoms with Crippen LogP contribution in [0.1, 0.15) is 34.9 Å². The zero-order valence-electron chi connectivity index (χ0n) is 19.9. The minimum atomic E-state index is -4.97. The molecule has 0 radical (unpaired) electrons. The van der Waals surface area contributed by atoms with Gasteiger partial charge in [-0.05, 0) is 25.0 Å². The van der Waals surface area contributed by atoms with E-state index in [0.717, 1.165) is 25.4 Å². The highest BCUT2D eigenvalue weighted by molar-refractivity contribution is 5.94. The van der Waals surface area contributed by atoms with Gasteiger partial charge in [0.15, 0.2) is 11.5 Å². The van der Waals surface area contributed by atoms with Crippen molar-refractivity contribution in [3.05, 3.63) is 66.0 Å². The van der Waals surface area contributed by atoms with Crippen LogP contribution < -0.4 is 0 Å². The monoisotopic (exact) mass is 531 g/mol. The van der Waals surface area contributed by atoms with Gasteiger partial charge in [0.05, 0.1) is 24.0 Å². The normalized spacial score (nSPS) is 17.8. The van der Waals surface area contributed by atoms with Gasteiger partial charge in [0.2, 0.25) is 0 Å². The number of hydrogen-bond donors (Lipinski definition) is 1. The molecule has 2 aliphatic rings. The number of alkyl halides is 3. The Labute approximate surface area is 213 Å². The van der Waals surface area contributed by atoms with Crippen LogP contribution in [0.2, 0.25) is 0 Å². The van der Waals surface area contributed by atoms with E-state index < -0.39 is 35.0 Å². The topological polar surface area (TPSA) is 82.9 Å².